The van der Waals surface area contributed by atoms with Gasteiger partial charge in [-0.15, -0.1) is 0 Å². The van der Waals surface area contributed by atoms with Crippen molar-refractivity contribution in [2.75, 3.05) is 5.32 Å². The van der Waals surface area contributed by atoms with Gasteiger partial charge in [0.05, 0.1) is 21.3 Å². The van der Waals surface area contributed by atoms with Crippen molar-refractivity contribution >= 4 is 46.8 Å². The Hall–Kier alpha value is -3.28. The molecule has 0 spiro atoms. The molecule has 0 bridgehead atoms. The van der Waals surface area contributed by atoms with Crippen LogP contribution < -0.4 is 10.1 Å². The van der Waals surface area contributed by atoms with Crippen molar-refractivity contribution in [1.82, 2.24) is 0 Å². The van der Waals surface area contributed by atoms with E-state index in [1.807, 2.05) is 18.2 Å². The number of carbonyl (C=O) groups excluding carboxylic acids is 1. The van der Waals surface area contributed by atoms with E-state index in [-0.39, 0.29) is 11.3 Å². The van der Waals surface area contributed by atoms with E-state index in [1.54, 1.807) is 36.4 Å². The van der Waals surface area contributed by atoms with Crippen molar-refractivity contribution in [1.29, 1.82) is 0 Å². The third-order valence-corrected chi connectivity index (χ3v) is 4.57. The lowest BCUT2D eigenvalue weighted by atomic mass is 10.1. The topological polar surface area (TPSA) is 75.6 Å². The Kier molecular flexibility index (Phi) is 6.54. The minimum Gasteiger partial charge on any atom is -0.478 e. The van der Waals surface area contributed by atoms with E-state index in [4.69, 9.17) is 27.9 Å². The fraction of sp³-hybridized carbons (Fsp3) is 0. The molecule has 0 radical (unpaired) electrons. The van der Waals surface area contributed by atoms with E-state index >= 15 is 0 Å². The molecule has 29 heavy (non-hydrogen) atoms. The van der Waals surface area contributed by atoms with Gasteiger partial charge in [0.25, 0.3) is 0 Å². The summed E-state index contributed by atoms with van der Waals surface area (Å²) >= 11 is 11.8. The summed E-state index contributed by atoms with van der Waals surface area (Å²) < 4.78 is 5.70. The Morgan fingerprint density at radius 2 is 1.66 bits per heavy atom. The molecule has 0 aliphatic heterocycles. The van der Waals surface area contributed by atoms with Crippen LogP contribution >= 0.6 is 23.2 Å². The van der Waals surface area contributed by atoms with Crippen LogP contribution in [0.5, 0.6) is 11.5 Å². The number of anilines is 1. The number of halogens is 2. The zero-order valence-electron chi connectivity index (χ0n) is 14.9. The number of para-hydroxylation sites is 1. The predicted molar refractivity (Wildman–Crippen MR) is 114 cm³/mol. The molecule has 0 saturated carbocycles. The molecule has 3 aromatic carbocycles. The molecule has 1 amide bonds. The number of rotatable bonds is 6. The van der Waals surface area contributed by atoms with Crippen LogP contribution in [0.4, 0.5) is 5.69 Å². The second-order valence-corrected chi connectivity index (χ2v) is 6.74. The standard InChI is InChI=1S/C22H15Cl2NO4/c23-18-10-6-14(12-19(18)24)7-11-21(26)25-20-13-16(8-9-17(20)22(27)28)29-15-4-2-1-3-5-15/h1-13H,(H,25,26)(H,27,28)/b11-7+. The number of benzene rings is 3. The molecular weight excluding hydrogens is 413 g/mol. The molecule has 0 aliphatic rings. The first-order chi connectivity index (χ1) is 13.9. The van der Waals surface area contributed by atoms with Crippen molar-refractivity contribution in [3.63, 3.8) is 0 Å². The zero-order valence-corrected chi connectivity index (χ0v) is 16.4. The zero-order chi connectivity index (χ0) is 20.8. The molecule has 0 fully saturated rings. The molecule has 146 valence electrons. The number of ether oxygens (including phenoxy) is 1. The summed E-state index contributed by atoms with van der Waals surface area (Å²) in [6, 6.07) is 18.3. The molecule has 2 N–H and O–H groups in total. The molecule has 7 heteroatoms. The highest BCUT2D eigenvalue weighted by molar-refractivity contribution is 6.42. The van der Waals surface area contributed by atoms with Crippen molar-refractivity contribution in [3.05, 3.63) is 94.0 Å². The Labute approximate surface area is 177 Å². The maximum absolute atomic E-state index is 12.3. The average molecular weight is 428 g/mol. The fourth-order valence-electron chi connectivity index (χ4n) is 2.46. The number of carbonyl (C=O) groups is 2. The number of hydrogen-bond acceptors (Lipinski definition) is 3. The first kappa shape index (κ1) is 20.5. The molecule has 0 atom stereocenters. The number of hydrogen-bond donors (Lipinski definition) is 2. The molecule has 0 aliphatic carbocycles. The van der Waals surface area contributed by atoms with Crippen LogP contribution in [0.1, 0.15) is 15.9 Å². The smallest absolute Gasteiger partial charge is 0.337 e. The Balaban J connectivity index is 1.79. The third-order valence-electron chi connectivity index (χ3n) is 3.83. The monoisotopic (exact) mass is 427 g/mol. The maximum atomic E-state index is 12.3. The van der Waals surface area contributed by atoms with Crippen LogP contribution in [0.15, 0.2) is 72.8 Å². The second-order valence-electron chi connectivity index (χ2n) is 5.92. The van der Waals surface area contributed by atoms with Gasteiger partial charge in [0, 0.05) is 12.1 Å². The first-order valence-electron chi connectivity index (χ1n) is 8.47. The third kappa shape index (κ3) is 5.60. The van der Waals surface area contributed by atoms with Gasteiger partial charge in [-0.25, -0.2) is 4.79 Å². The molecule has 3 aromatic rings. The van der Waals surface area contributed by atoms with Gasteiger partial charge in [0.2, 0.25) is 5.91 Å². The van der Waals surface area contributed by atoms with E-state index in [9.17, 15) is 14.7 Å². The lowest BCUT2D eigenvalue weighted by molar-refractivity contribution is -0.111. The summed E-state index contributed by atoms with van der Waals surface area (Å²) in [4.78, 5) is 23.8. The molecular formula is C22H15Cl2NO4. The van der Waals surface area contributed by atoms with Crippen LogP contribution in [0.25, 0.3) is 6.08 Å². The van der Waals surface area contributed by atoms with Gasteiger partial charge in [-0.3, -0.25) is 4.79 Å². The van der Waals surface area contributed by atoms with Gasteiger partial charge in [-0.1, -0.05) is 47.5 Å². The maximum Gasteiger partial charge on any atom is 0.337 e. The van der Waals surface area contributed by atoms with Crippen molar-refractivity contribution in [2.24, 2.45) is 0 Å². The first-order valence-corrected chi connectivity index (χ1v) is 9.22. The number of nitrogens with one attached hydrogen (secondary N) is 1. The molecule has 0 heterocycles. The number of carboxylic acid groups (broad SMARTS) is 1. The van der Waals surface area contributed by atoms with E-state index in [0.29, 0.717) is 27.1 Å². The minimum absolute atomic E-state index is 0.0540. The molecule has 0 aromatic heterocycles. The fourth-order valence-corrected chi connectivity index (χ4v) is 2.77. The van der Waals surface area contributed by atoms with E-state index in [2.05, 4.69) is 5.32 Å². The number of aromatic carboxylic acids is 1. The van der Waals surface area contributed by atoms with Crippen LogP contribution in [0, 0.1) is 0 Å². The van der Waals surface area contributed by atoms with E-state index < -0.39 is 11.9 Å². The quantitative estimate of drug-likeness (QED) is 0.463. The molecule has 5 nitrogen and oxygen atoms in total. The summed E-state index contributed by atoms with van der Waals surface area (Å²) in [5, 5.41) is 12.7. The molecule has 0 unspecified atom stereocenters. The van der Waals surface area contributed by atoms with Crippen molar-refractivity contribution < 1.29 is 19.4 Å². The Morgan fingerprint density at radius 3 is 2.34 bits per heavy atom. The predicted octanol–water partition coefficient (Wildman–Crippen LogP) is 6.14. The van der Waals surface area contributed by atoms with Gasteiger partial charge < -0.3 is 15.2 Å². The van der Waals surface area contributed by atoms with Gasteiger partial charge in [0.15, 0.2) is 0 Å². The van der Waals surface area contributed by atoms with Gasteiger partial charge in [-0.2, -0.15) is 0 Å². The van der Waals surface area contributed by atoms with Crippen LogP contribution in [0.2, 0.25) is 10.0 Å². The summed E-state index contributed by atoms with van der Waals surface area (Å²) in [6.45, 7) is 0. The Bertz CT molecular complexity index is 1080. The Morgan fingerprint density at radius 1 is 0.897 bits per heavy atom. The van der Waals surface area contributed by atoms with Crippen LogP contribution in [0.3, 0.4) is 0 Å². The summed E-state index contributed by atoms with van der Waals surface area (Å²) in [7, 11) is 0. The lowest BCUT2D eigenvalue weighted by Gasteiger charge is -2.11. The normalized spacial score (nSPS) is 10.7. The van der Waals surface area contributed by atoms with Crippen molar-refractivity contribution in [2.45, 2.75) is 0 Å². The highest BCUT2D eigenvalue weighted by Crippen LogP contribution is 2.27. The number of carboxylic acids is 1. The van der Waals surface area contributed by atoms with E-state index in [1.165, 1.54) is 24.3 Å². The average Bonchev–Trinajstić information content (AvgIpc) is 2.69. The summed E-state index contributed by atoms with van der Waals surface area (Å²) in [5.74, 6) is -0.687. The van der Waals surface area contributed by atoms with Gasteiger partial charge in [0.1, 0.15) is 11.5 Å². The molecule has 3 rings (SSSR count). The summed E-state index contributed by atoms with van der Waals surface area (Å²) in [6.07, 6.45) is 2.82. The van der Waals surface area contributed by atoms with Crippen LogP contribution in [-0.2, 0) is 4.79 Å². The SMILES string of the molecule is O=C(/C=C/c1ccc(Cl)c(Cl)c1)Nc1cc(Oc2ccccc2)ccc1C(=O)O. The summed E-state index contributed by atoms with van der Waals surface area (Å²) in [5.41, 5.74) is 0.741. The second kappa shape index (κ2) is 9.28. The number of amides is 1. The lowest BCUT2D eigenvalue weighted by Crippen LogP contribution is -2.12. The van der Waals surface area contributed by atoms with Gasteiger partial charge in [-0.05, 0) is 48.0 Å². The van der Waals surface area contributed by atoms with Crippen LogP contribution in [-0.4, -0.2) is 17.0 Å². The van der Waals surface area contributed by atoms with Gasteiger partial charge >= 0.3 is 5.97 Å². The largest absolute Gasteiger partial charge is 0.478 e. The highest BCUT2D eigenvalue weighted by atomic mass is 35.5. The highest BCUT2D eigenvalue weighted by Gasteiger charge is 2.13. The van der Waals surface area contributed by atoms with E-state index in [0.717, 1.165) is 0 Å². The van der Waals surface area contributed by atoms with Crippen molar-refractivity contribution in [3.8, 4) is 11.5 Å². The minimum atomic E-state index is -1.17. The molecule has 0 saturated heterocycles.